The van der Waals surface area contributed by atoms with Gasteiger partial charge in [0.15, 0.2) is 0 Å². The lowest BCUT2D eigenvalue weighted by atomic mass is 10.0. The van der Waals surface area contributed by atoms with Gasteiger partial charge < -0.3 is 9.47 Å². The minimum absolute atomic E-state index is 0. The first-order chi connectivity index (χ1) is 15.0. The molecule has 2 aromatic rings. The molecular formula is C30H48BO4S. The van der Waals surface area contributed by atoms with Gasteiger partial charge in [-0.05, 0) is 49.4 Å². The molecule has 201 valence electrons. The number of ether oxygens (including phenoxy) is 2. The third-order valence-electron chi connectivity index (χ3n) is 4.96. The Bertz CT molecular complexity index is 825. The Hall–Kier alpha value is -2.31. The Morgan fingerprint density at radius 3 is 2.06 bits per heavy atom. The number of benzene rings is 2. The summed E-state index contributed by atoms with van der Waals surface area (Å²) in [6.07, 6.45) is 3.71. The van der Waals surface area contributed by atoms with Crippen molar-refractivity contribution in [1.82, 2.24) is 0 Å². The summed E-state index contributed by atoms with van der Waals surface area (Å²) in [5.74, 6) is 0.556. The second-order valence-corrected chi connectivity index (χ2v) is 8.68. The molecule has 2 aromatic carbocycles. The highest BCUT2D eigenvalue weighted by molar-refractivity contribution is 7.99. The number of methoxy groups -OCH3 is 1. The first kappa shape index (κ1) is 40.8. The van der Waals surface area contributed by atoms with Crippen LogP contribution in [0.25, 0.3) is 6.08 Å². The van der Waals surface area contributed by atoms with Crippen molar-refractivity contribution < 1.29 is 19.1 Å². The predicted molar refractivity (Wildman–Crippen MR) is 160 cm³/mol. The molecule has 2 atom stereocenters. The van der Waals surface area contributed by atoms with Gasteiger partial charge in [0.2, 0.25) is 0 Å². The van der Waals surface area contributed by atoms with Crippen LogP contribution in [0.3, 0.4) is 0 Å². The summed E-state index contributed by atoms with van der Waals surface area (Å²) in [6, 6.07) is 18.2. The van der Waals surface area contributed by atoms with Crippen molar-refractivity contribution in [3.05, 3.63) is 72.3 Å². The third-order valence-corrected chi connectivity index (χ3v) is 6.01. The summed E-state index contributed by atoms with van der Waals surface area (Å²) >= 11 is 1.74. The van der Waals surface area contributed by atoms with E-state index in [0.717, 1.165) is 29.7 Å². The highest BCUT2D eigenvalue weighted by atomic mass is 32.2. The number of carbonyl (C=O) groups is 2. The predicted octanol–water partition coefficient (Wildman–Crippen LogP) is 7.90. The van der Waals surface area contributed by atoms with Gasteiger partial charge in [0.05, 0.1) is 12.5 Å². The van der Waals surface area contributed by atoms with Crippen molar-refractivity contribution in [3.63, 3.8) is 0 Å². The molecule has 0 heterocycles. The standard InChI is InChI=1S/C26H32O4S.4CH4.B/c1-4-21-10-12-22(13-11-21)14-15-24(18-20(2)27)30-26(28)19-23(29-3)16-17-31-25-8-6-5-7-9-25;;;;;/h4-13,23-24H,1,14-19H2,2-3H3;4*1H4;. The fourth-order valence-electron chi connectivity index (χ4n) is 3.22. The summed E-state index contributed by atoms with van der Waals surface area (Å²) in [5.41, 5.74) is 2.20. The molecule has 0 aliphatic rings. The molecule has 0 fully saturated rings. The van der Waals surface area contributed by atoms with Crippen molar-refractivity contribution in [2.45, 2.75) is 85.8 Å². The molecular weight excluding hydrogens is 467 g/mol. The van der Waals surface area contributed by atoms with Crippen molar-refractivity contribution in [3.8, 4) is 0 Å². The van der Waals surface area contributed by atoms with Crippen LogP contribution in [0.5, 0.6) is 0 Å². The van der Waals surface area contributed by atoms with Gasteiger partial charge in [0.25, 0.3) is 0 Å². The highest BCUT2D eigenvalue weighted by Gasteiger charge is 2.20. The molecule has 36 heavy (non-hydrogen) atoms. The number of hydrogen-bond acceptors (Lipinski definition) is 5. The summed E-state index contributed by atoms with van der Waals surface area (Å²) in [5, 5.41) is 0. The van der Waals surface area contributed by atoms with E-state index >= 15 is 0 Å². The molecule has 2 rings (SSSR count). The Morgan fingerprint density at radius 2 is 1.53 bits per heavy atom. The van der Waals surface area contributed by atoms with Crippen LogP contribution in [0.2, 0.25) is 0 Å². The maximum absolute atomic E-state index is 12.5. The molecule has 0 N–H and O–H groups in total. The smallest absolute Gasteiger partial charge is 0.308 e. The zero-order valence-corrected chi connectivity index (χ0v) is 19.8. The van der Waals surface area contributed by atoms with E-state index in [0.29, 0.717) is 6.42 Å². The number of carbonyl (C=O) groups excluding carboxylic acids is 2. The van der Waals surface area contributed by atoms with E-state index in [1.54, 1.807) is 24.9 Å². The number of hydrogen-bond donors (Lipinski definition) is 0. The number of rotatable bonds is 14. The van der Waals surface area contributed by atoms with E-state index in [1.807, 2.05) is 42.5 Å². The number of aryl methyl sites for hydroxylation is 1. The van der Waals surface area contributed by atoms with E-state index in [9.17, 15) is 9.59 Å². The molecule has 4 nitrogen and oxygen atoms in total. The highest BCUT2D eigenvalue weighted by Crippen LogP contribution is 2.20. The van der Waals surface area contributed by atoms with Crippen LogP contribution in [0.1, 0.15) is 73.4 Å². The Labute approximate surface area is 227 Å². The number of Topliss-reactive ketones (excluding diaryl/α,β-unsaturated/α-hetero) is 1. The number of ketones is 1. The molecule has 0 aromatic heterocycles. The number of thioether (sulfide) groups is 1. The zero-order chi connectivity index (χ0) is 22.5. The Morgan fingerprint density at radius 1 is 0.917 bits per heavy atom. The van der Waals surface area contributed by atoms with E-state index in [-0.39, 0.29) is 68.8 Å². The lowest BCUT2D eigenvalue weighted by Crippen LogP contribution is -2.25. The molecule has 0 bridgehead atoms. The van der Waals surface area contributed by atoms with Crippen LogP contribution in [0.15, 0.2) is 66.1 Å². The van der Waals surface area contributed by atoms with Gasteiger partial charge in [-0.25, -0.2) is 0 Å². The fourth-order valence-corrected chi connectivity index (χ4v) is 4.19. The van der Waals surface area contributed by atoms with Crippen molar-refractivity contribution in [2.75, 3.05) is 12.9 Å². The van der Waals surface area contributed by atoms with Crippen molar-refractivity contribution in [1.29, 1.82) is 0 Å². The van der Waals surface area contributed by atoms with Crippen molar-refractivity contribution in [2.24, 2.45) is 0 Å². The fraction of sp³-hybridized carbons (Fsp3) is 0.467. The summed E-state index contributed by atoms with van der Waals surface area (Å²) in [4.78, 5) is 25.4. The molecule has 0 saturated carbocycles. The second kappa shape index (κ2) is 23.1. The number of esters is 1. The molecule has 0 spiro atoms. The maximum atomic E-state index is 12.5. The first-order valence-corrected chi connectivity index (χ1v) is 11.6. The molecule has 0 saturated heterocycles. The van der Waals surface area contributed by atoms with Crippen LogP contribution in [-0.4, -0.2) is 45.2 Å². The normalized spacial score (nSPS) is 10.9. The van der Waals surface area contributed by atoms with Crippen LogP contribution in [-0.2, 0) is 25.5 Å². The summed E-state index contributed by atoms with van der Waals surface area (Å²) in [6.45, 7) is 5.28. The molecule has 2 unspecified atom stereocenters. The molecule has 0 aliphatic carbocycles. The third kappa shape index (κ3) is 16.4. The molecule has 0 amide bonds. The topological polar surface area (TPSA) is 52.6 Å². The van der Waals surface area contributed by atoms with Gasteiger partial charge in [0.1, 0.15) is 11.9 Å². The van der Waals surface area contributed by atoms with Crippen LogP contribution >= 0.6 is 11.8 Å². The van der Waals surface area contributed by atoms with Gasteiger partial charge in [-0.3, -0.25) is 9.59 Å². The lowest BCUT2D eigenvalue weighted by Gasteiger charge is -2.19. The van der Waals surface area contributed by atoms with Gasteiger partial charge >= 0.3 is 5.97 Å². The van der Waals surface area contributed by atoms with Gasteiger partial charge in [-0.2, -0.15) is 0 Å². The maximum Gasteiger partial charge on any atom is 0.308 e. The summed E-state index contributed by atoms with van der Waals surface area (Å²) in [7, 11) is 1.62. The zero-order valence-electron chi connectivity index (χ0n) is 19.0. The van der Waals surface area contributed by atoms with E-state index in [4.69, 9.17) is 9.47 Å². The molecule has 3 radical (unpaired) electrons. The monoisotopic (exact) mass is 515 g/mol. The van der Waals surface area contributed by atoms with Crippen LogP contribution < -0.4 is 0 Å². The van der Waals surface area contributed by atoms with Crippen LogP contribution in [0.4, 0.5) is 0 Å². The average Bonchev–Trinajstić information content (AvgIpc) is 2.77. The van der Waals surface area contributed by atoms with Gasteiger partial charge in [0, 0.05) is 32.6 Å². The van der Waals surface area contributed by atoms with E-state index < -0.39 is 6.10 Å². The van der Waals surface area contributed by atoms with Crippen LogP contribution in [0, 0.1) is 0 Å². The minimum atomic E-state index is -0.416. The van der Waals surface area contributed by atoms with Gasteiger partial charge in [-0.1, -0.05) is 84.8 Å². The van der Waals surface area contributed by atoms with Gasteiger partial charge in [-0.15, -0.1) is 11.8 Å². The molecule has 6 heteroatoms. The van der Waals surface area contributed by atoms with E-state index in [2.05, 4.69) is 18.7 Å². The summed E-state index contributed by atoms with van der Waals surface area (Å²) < 4.78 is 11.1. The first-order valence-electron chi connectivity index (χ1n) is 10.6. The lowest BCUT2D eigenvalue weighted by molar-refractivity contribution is -0.153. The minimum Gasteiger partial charge on any atom is -0.462 e. The Kier molecular flexibility index (Phi) is 26.2. The quantitative estimate of drug-likeness (QED) is 0.145. The largest absolute Gasteiger partial charge is 0.462 e. The Balaban J connectivity index is -0.00000102. The van der Waals surface area contributed by atoms with E-state index in [1.165, 1.54) is 11.8 Å². The average molecular weight is 516 g/mol. The van der Waals surface area contributed by atoms with Crippen molar-refractivity contribution >= 4 is 38.0 Å². The second-order valence-electron chi connectivity index (χ2n) is 7.51. The SMILES string of the molecule is C.C.C.C.C=Cc1ccc(CCC(CC(C)=O)OC(=O)CC(CCSc2ccccc2)OC)cc1.[B]. The molecule has 0 aliphatic heterocycles.